The first-order valence-electron chi connectivity index (χ1n) is 6.01. The van der Waals surface area contributed by atoms with Gasteiger partial charge < -0.3 is 10.3 Å². The van der Waals surface area contributed by atoms with Gasteiger partial charge in [-0.25, -0.2) is 0 Å². The van der Waals surface area contributed by atoms with E-state index in [9.17, 15) is 4.79 Å². The number of hydrogen-bond acceptors (Lipinski definition) is 3. The summed E-state index contributed by atoms with van der Waals surface area (Å²) in [5.41, 5.74) is 8.12. The first kappa shape index (κ1) is 14.7. The van der Waals surface area contributed by atoms with Crippen molar-refractivity contribution in [1.82, 2.24) is 14.3 Å². The summed E-state index contributed by atoms with van der Waals surface area (Å²) in [7, 11) is 1.76. The molecule has 0 spiro atoms. The standard InChI is InChI=1S/C13H15ClN4OS/c1-7-4-5-9(12(15)20)13(19)18(7)6-10-8(2)16-17(3)11(10)14/h4-5H,6H2,1-3H3,(H2,15,20). The zero-order valence-corrected chi connectivity index (χ0v) is 13.0. The Morgan fingerprint density at radius 1 is 1.45 bits per heavy atom. The molecule has 0 saturated carbocycles. The van der Waals surface area contributed by atoms with Gasteiger partial charge >= 0.3 is 0 Å². The van der Waals surface area contributed by atoms with Crippen molar-refractivity contribution in [1.29, 1.82) is 0 Å². The van der Waals surface area contributed by atoms with Crippen molar-refractivity contribution in [2.24, 2.45) is 12.8 Å². The van der Waals surface area contributed by atoms with E-state index in [4.69, 9.17) is 29.6 Å². The summed E-state index contributed by atoms with van der Waals surface area (Å²) in [4.78, 5) is 12.5. The second-order valence-corrected chi connectivity index (χ2v) is 5.42. The highest BCUT2D eigenvalue weighted by molar-refractivity contribution is 7.80. The van der Waals surface area contributed by atoms with Crippen molar-refractivity contribution in [3.8, 4) is 0 Å². The van der Waals surface area contributed by atoms with Gasteiger partial charge in [0, 0.05) is 18.3 Å². The fourth-order valence-electron chi connectivity index (χ4n) is 2.07. The molecule has 0 bridgehead atoms. The Balaban J connectivity index is 2.57. The zero-order valence-electron chi connectivity index (χ0n) is 11.5. The minimum atomic E-state index is -0.211. The van der Waals surface area contributed by atoms with Crippen LogP contribution in [0, 0.1) is 13.8 Å². The third-order valence-corrected chi connectivity index (χ3v) is 3.94. The van der Waals surface area contributed by atoms with Gasteiger partial charge in [0.05, 0.1) is 17.8 Å². The average Bonchev–Trinajstić information content (AvgIpc) is 2.59. The van der Waals surface area contributed by atoms with Gasteiger partial charge in [0.15, 0.2) is 0 Å². The normalized spacial score (nSPS) is 10.8. The number of halogens is 1. The topological polar surface area (TPSA) is 65.8 Å². The maximum absolute atomic E-state index is 12.4. The number of hydrogen-bond donors (Lipinski definition) is 1. The Labute approximate surface area is 127 Å². The van der Waals surface area contributed by atoms with Crippen molar-refractivity contribution in [3.05, 3.63) is 50.2 Å². The number of nitrogens with two attached hydrogens (primary N) is 1. The van der Waals surface area contributed by atoms with Crippen LogP contribution in [-0.2, 0) is 13.6 Å². The lowest BCUT2D eigenvalue weighted by Gasteiger charge is -2.11. The SMILES string of the molecule is Cc1nn(C)c(Cl)c1Cn1c(C)ccc(C(N)=S)c1=O. The highest BCUT2D eigenvalue weighted by atomic mass is 35.5. The molecule has 106 valence electrons. The number of pyridine rings is 1. The number of aryl methyl sites for hydroxylation is 3. The molecule has 0 radical (unpaired) electrons. The minimum Gasteiger partial charge on any atom is -0.389 e. The minimum absolute atomic E-state index is 0.0951. The lowest BCUT2D eigenvalue weighted by molar-refractivity contribution is 0.724. The second kappa shape index (κ2) is 5.38. The van der Waals surface area contributed by atoms with Gasteiger partial charge in [0.25, 0.3) is 5.56 Å². The summed E-state index contributed by atoms with van der Waals surface area (Å²) in [6.45, 7) is 4.06. The van der Waals surface area contributed by atoms with Gasteiger partial charge in [0.1, 0.15) is 10.1 Å². The van der Waals surface area contributed by atoms with Crippen molar-refractivity contribution < 1.29 is 0 Å². The molecule has 0 saturated heterocycles. The van der Waals surface area contributed by atoms with Gasteiger partial charge in [-0.05, 0) is 26.0 Å². The summed E-state index contributed by atoms with van der Waals surface area (Å²) in [5, 5.41) is 4.77. The molecule has 2 heterocycles. The molecule has 2 aromatic rings. The predicted molar refractivity (Wildman–Crippen MR) is 83.4 cm³/mol. The third kappa shape index (κ3) is 2.48. The van der Waals surface area contributed by atoms with E-state index in [2.05, 4.69) is 5.10 Å². The second-order valence-electron chi connectivity index (χ2n) is 4.62. The first-order valence-corrected chi connectivity index (χ1v) is 6.79. The summed E-state index contributed by atoms with van der Waals surface area (Å²) >= 11 is 11.1. The lowest BCUT2D eigenvalue weighted by Crippen LogP contribution is -2.30. The van der Waals surface area contributed by atoms with Crippen LogP contribution in [0.3, 0.4) is 0 Å². The van der Waals surface area contributed by atoms with Crippen LogP contribution < -0.4 is 11.3 Å². The molecule has 5 nitrogen and oxygen atoms in total. The molecule has 0 amide bonds. The van der Waals surface area contributed by atoms with Crippen LogP contribution in [-0.4, -0.2) is 19.3 Å². The number of aromatic nitrogens is 3. The van der Waals surface area contributed by atoms with Crippen molar-refractivity contribution in [2.75, 3.05) is 0 Å². The molecule has 0 atom stereocenters. The van der Waals surface area contributed by atoms with Crippen LogP contribution in [0.25, 0.3) is 0 Å². The molecule has 2 N–H and O–H groups in total. The molecule has 0 aromatic carbocycles. The van der Waals surface area contributed by atoms with Crippen molar-refractivity contribution in [2.45, 2.75) is 20.4 Å². The maximum atomic E-state index is 12.4. The summed E-state index contributed by atoms with van der Waals surface area (Å²) in [6.07, 6.45) is 0. The van der Waals surface area contributed by atoms with Crippen LogP contribution in [0.4, 0.5) is 0 Å². The molecule has 7 heteroatoms. The Morgan fingerprint density at radius 2 is 2.10 bits per heavy atom. The van der Waals surface area contributed by atoms with E-state index in [0.29, 0.717) is 17.3 Å². The molecule has 0 aliphatic carbocycles. The molecule has 0 aliphatic rings. The Hall–Kier alpha value is -1.66. The Bertz CT molecular complexity index is 748. The van der Waals surface area contributed by atoms with E-state index in [-0.39, 0.29) is 10.5 Å². The smallest absolute Gasteiger partial charge is 0.261 e. The monoisotopic (exact) mass is 310 g/mol. The van der Waals surface area contributed by atoms with Gasteiger partial charge in [-0.3, -0.25) is 9.48 Å². The van der Waals surface area contributed by atoms with E-state index in [1.807, 2.05) is 19.9 Å². The van der Waals surface area contributed by atoms with E-state index in [1.165, 1.54) is 0 Å². The number of rotatable bonds is 3. The zero-order chi connectivity index (χ0) is 15.0. The maximum Gasteiger partial charge on any atom is 0.261 e. The van der Waals surface area contributed by atoms with Gasteiger partial charge in [-0.2, -0.15) is 5.10 Å². The summed E-state index contributed by atoms with van der Waals surface area (Å²) < 4.78 is 3.19. The summed E-state index contributed by atoms with van der Waals surface area (Å²) in [5.74, 6) is 0. The van der Waals surface area contributed by atoms with E-state index in [0.717, 1.165) is 17.0 Å². The van der Waals surface area contributed by atoms with E-state index < -0.39 is 0 Å². The molecule has 0 aliphatic heterocycles. The molecule has 2 rings (SSSR count). The summed E-state index contributed by atoms with van der Waals surface area (Å²) in [6, 6.07) is 3.46. The molecule has 0 fully saturated rings. The molecule has 20 heavy (non-hydrogen) atoms. The quantitative estimate of drug-likeness (QED) is 0.873. The molecular weight excluding hydrogens is 296 g/mol. The molecule has 0 unspecified atom stereocenters. The first-order chi connectivity index (χ1) is 9.32. The number of nitrogens with zero attached hydrogens (tertiary/aromatic N) is 3. The van der Waals surface area contributed by atoms with Crippen LogP contribution in [0.1, 0.15) is 22.5 Å². The molecule has 2 aromatic heterocycles. The van der Waals surface area contributed by atoms with Crippen LogP contribution >= 0.6 is 23.8 Å². The van der Waals surface area contributed by atoms with Gasteiger partial charge in [-0.15, -0.1) is 0 Å². The van der Waals surface area contributed by atoms with E-state index >= 15 is 0 Å². The largest absolute Gasteiger partial charge is 0.389 e. The molecular formula is C13H15ClN4OS. The lowest BCUT2D eigenvalue weighted by atomic mass is 10.2. The number of thiocarbonyl (C=S) groups is 1. The fourth-order valence-corrected chi connectivity index (χ4v) is 2.46. The fraction of sp³-hybridized carbons (Fsp3) is 0.308. The van der Waals surface area contributed by atoms with Crippen LogP contribution in [0.15, 0.2) is 16.9 Å². The Kier molecular flexibility index (Phi) is 3.96. The highest BCUT2D eigenvalue weighted by Gasteiger charge is 2.15. The third-order valence-electron chi connectivity index (χ3n) is 3.24. The highest BCUT2D eigenvalue weighted by Crippen LogP contribution is 2.19. The van der Waals surface area contributed by atoms with E-state index in [1.54, 1.807) is 22.4 Å². The van der Waals surface area contributed by atoms with Gasteiger partial charge in [0.2, 0.25) is 0 Å². The van der Waals surface area contributed by atoms with Crippen LogP contribution in [0.2, 0.25) is 5.15 Å². The average molecular weight is 311 g/mol. The Morgan fingerprint density at radius 3 is 2.60 bits per heavy atom. The van der Waals surface area contributed by atoms with Gasteiger partial charge in [-0.1, -0.05) is 23.8 Å². The van der Waals surface area contributed by atoms with Crippen LogP contribution in [0.5, 0.6) is 0 Å². The van der Waals surface area contributed by atoms with Crippen molar-refractivity contribution >= 4 is 28.8 Å². The predicted octanol–water partition coefficient (Wildman–Crippen LogP) is 1.53. The van der Waals surface area contributed by atoms with Crippen molar-refractivity contribution in [3.63, 3.8) is 0 Å².